The Morgan fingerprint density at radius 3 is 2.70 bits per heavy atom. The number of halogens is 2. The minimum Gasteiger partial charge on any atom is -0.452 e. The number of amides is 2. The second-order valence-corrected chi connectivity index (χ2v) is 7.31. The fraction of sp³-hybridized carbons (Fsp3) is 0.0800. The van der Waals surface area contributed by atoms with E-state index in [2.05, 4.69) is 15.6 Å². The fourth-order valence-electron chi connectivity index (χ4n) is 3.25. The predicted molar refractivity (Wildman–Crippen MR) is 120 cm³/mol. The quantitative estimate of drug-likeness (QED) is 0.437. The zero-order valence-corrected chi connectivity index (χ0v) is 17.6. The predicted octanol–water partition coefficient (Wildman–Crippen LogP) is 4.98. The maximum atomic E-state index is 14.1. The van der Waals surface area contributed by atoms with Crippen LogP contribution in [0.25, 0.3) is 10.8 Å². The highest BCUT2D eigenvalue weighted by Crippen LogP contribution is 2.32. The number of nitrogens with one attached hydrogen (secondary N) is 2. The average molecular weight is 447 g/mol. The average Bonchev–Trinajstić information content (AvgIpc) is 2.81. The Hall–Kier alpha value is -4.33. The third kappa shape index (κ3) is 5.12. The molecule has 2 N–H and O–H groups in total. The van der Waals surface area contributed by atoms with Gasteiger partial charge in [-0.3, -0.25) is 14.6 Å². The highest BCUT2D eigenvalue weighted by molar-refractivity contribution is 6.08. The Morgan fingerprint density at radius 1 is 1.00 bits per heavy atom. The molecule has 8 heteroatoms. The van der Waals surface area contributed by atoms with Gasteiger partial charge < -0.3 is 15.4 Å². The van der Waals surface area contributed by atoms with E-state index in [0.717, 1.165) is 23.1 Å². The number of aryl methyl sites for hydroxylation is 1. The van der Waals surface area contributed by atoms with Gasteiger partial charge in [-0.15, -0.1) is 0 Å². The molecule has 0 aliphatic rings. The number of carbonyl (C=O) groups is 2. The summed E-state index contributed by atoms with van der Waals surface area (Å²) >= 11 is 0. The number of pyridine rings is 1. The summed E-state index contributed by atoms with van der Waals surface area (Å²) in [4.78, 5) is 29.1. The van der Waals surface area contributed by atoms with Crippen LogP contribution >= 0.6 is 0 Å². The first-order valence-corrected chi connectivity index (χ1v) is 10.0. The highest BCUT2D eigenvalue weighted by atomic mass is 19.1. The molecule has 1 aromatic heterocycles. The van der Waals surface area contributed by atoms with Crippen molar-refractivity contribution in [2.24, 2.45) is 0 Å². The van der Waals surface area contributed by atoms with Gasteiger partial charge in [0.2, 0.25) is 5.91 Å². The second-order valence-electron chi connectivity index (χ2n) is 7.31. The Morgan fingerprint density at radius 2 is 1.85 bits per heavy atom. The molecular formula is C25H19F2N3O3. The molecule has 1 heterocycles. The molecule has 0 spiro atoms. The lowest BCUT2D eigenvalue weighted by Crippen LogP contribution is -2.33. The first kappa shape index (κ1) is 21.9. The van der Waals surface area contributed by atoms with Crippen LogP contribution in [0.4, 0.5) is 14.5 Å². The van der Waals surface area contributed by atoms with Crippen LogP contribution in [0.3, 0.4) is 0 Å². The van der Waals surface area contributed by atoms with Crippen LogP contribution in [0, 0.1) is 18.6 Å². The van der Waals surface area contributed by atoms with Crippen LogP contribution in [-0.2, 0) is 4.79 Å². The van der Waals surface area contributed by atoms with Gasteiger partial charge >= 0.3 is 0 Å². The first-order valence-electron chi connectivity index (χ1n) is 10.0. The second kappa shape index (κ2) is 9.44. The maximum absolute atomic E-state index is 14.1. The summed E-state index contributed by atoms with van der Waals surface area (Å²) in [6, 6.07) is 14.8. The zero-order chi connectivity index (χ0) is 23.4. The van der Waals surface area contributed by atoms with Crippen molar-refractivity contribution in [3.05, 3.63) is 95.8 Å². The number of hydrogen-bond acceptors (Lipinski definition) is 4. The standard InChI is InChI=1S/C25H19F2N3O3/c1-15-5-7-20(27)22(11-15)33-23-12-17(26)6-8-21(23)30-24(31)14-29-25(32)18-4-2-3-16-9-10-28-13-19(16)18/h2-13H,14H2,1H3,(H,29,32)(H,30,31). The smallest absolute Gasteiger partial charge is 0.252 e. The van der Waals surface area contributed by atoms with Gasteiger partial charge in [0.1, 0.15) is 5.82 Å². The molecule has 0 radical (unpaired) electrons. The molecule has 4 rings (SSSR count). The van der Waals surface area contributed by atoms with Gasteiger partial charge in [-0.1, -0.05) is 18.2 Å². The summed E-state index contributed by atoms with van der Waals surface area (Å²) in [5.74, 6) is -2.43. The third-order valence-corrected chi connectivity index (χ3v) is 4.86. The number of carbonyl (C=O) groups excluding carboxylic acids is 2. The molecule has 0 atom stereocenters. The molecule has 3 aromatic carbocycles. The number of nitrogens with zero attached hydrogens (tertiary/aromatic N) is 1. The van der Waals surface area contributed by atoms with E-state index in [9.17, 15) is 18.4 Å². The van der Waals surface area contributed by atoms with E-state index in [0.29, 0.717) is 10.9 Å². The van der Waals surface area contributed by atoms with Gasteiger partial charge in [-0.25, -0.2) is 8.78 Å². The molecule has 0 bridgehead atoms. The Kier molecular flexibility index (Phi) is 6.26. The van der Waals surface area contributed by atoms with Crippen LogP contribution in [0.15, 0.2) is 73.1 Å². The van der Waals surface area contributed by atoms with Crippen molar-refractivity contribution in [3.63, 3.8) is 0 Å². The summed E-state index contributed by atoms with van der Waals surface area (Å²) in [7, 11) is 0. The van der Waals surface area contributed by atoms with Gasteiger partial charge in [-0.05, 0) is 54.3 Å². The van der Waals surface area contributed by atoms with Crippen molar-refractivity contribution >= 4 is 28.3 Å². The summed E-state index contributed by atoms with van der Waals surface area (Å²) < 4.78 is 33.4. The van der Waals surface area contributed by atoms with Gasteiger partial charge in [0.05, 0.1) is 12.2 Å². The summed E-state index contributed by atoms with van der Waals surface area (Å²) in [6.07, 6.45) is 3.21. The molecule has 2 amide bonds. The van der Waals surface area contributed by atoms with E-state index in [1.54, 1.807) is 43.6 Å². The SMILES string of the molecule is Cc1ccc(F)c(Oc2cc(F)ccc2NC(=O)CNC(=O)c2cccc3ccncc23)c1. The number of anilines is 1. The molecule has 0 unspecified atom stereocenters. The van der Waals surface area contributed by atoms with E-state index in [1.807, 2.05) is 6.07 Å². The monoisotopic (exact) mass is 447 g/mol. The van der Waals surface area contributed by atoms with Crippen molar-refractivity contribution in [2.45, 2.75) is 6.92 Å². The van der Waals surface area contributed by atoms with Crippen molar-refractivity contribution in [3.8, 4) is 11.5 Å². The fourth-order valence-corrected chi connectivity index (χ4v) is 3.25. The molecule has 0 aliphatic heterocycles. The largest absolute Gasteiger partial charge is 0.452 e. The molecule has 4 aromatic rings. The number of fused-ring (bicyclic) bond motifs is 1. The van der Waals surface area contributed by atoms with Crippen LogP contribution in [0.2, 0.25) is 0 Å². The molecule has 0 saturated heterocycles. The molecular weight excluding hydrogens is 428 g/mol. The lowest BCUT2D eigenvalue weighted by molar-refractivity contribution is -0.115. The van der Waals surface area contributed by atoms with E-state index in [4.69, 9.17) is 4.74 Å². The Balaban J connectivity index is 1.46. The van der Waals surface area contributed by atoms with E-state index in [1.165, 1.54) is 18.2 Å². The molecule has 0 saturated carbocycles. The molecule has 0 fully saturated rings. The number of ether oxygens (including phenoxy) is 1. The van der Waals surface area contributed by atoms with E-state index < -0.39 is 23.4 Å². The third-order valence-electron chi connectivity index (χ3n) is 4.86. The van der Waals surface area contributed by atoms with Gasteiger partial charge in [-0.2, -0.15) is 0 Å². The maximum Gasteiger partial charge on any atom is 0.252 e. The van der Waals surface area contributed by atoms with Crippen molar-refractivity contribution in [2.75, 3.05) is 11.9 Å². The first-order chi connectivity index (χ1) is 15.9. The van der Waals surface area contributed by atoms with Crippen LogP contribution in [0.1, 0.15) is 15.9 Å². The lowest BCUT2D eigenvalue weighted by Gasteiger charge is -2.14. The van der Waals surface area contributed by atoms with Crippen molar-refractivity contribution < 1.29 is 23.1 Å². The highest BCUT2D eigenvalue weighted by Gasteiger charge is 2.15. The Labute approximate surface area is 188 Å². The van der Waals surface area contributed by atoms with E-state index >= 15 is 0 Å². The van der Waals surface area contributed by atoms with Crippen molar-refractivity contribution in [1.29, 1.82) is 0 Å². The minimum absolute atomic E-state index is 0.0701. The van der Waals surface area contributed by atoms with E-state index in [-0.39, 0.29) is 23.7 Å². The van der Waals surface area contributed by atoms with Gasteiger partial charge in [0.15, 0.2) is 17.3 Å². The Bertz CT molecular complexity index is 1350. The van der Waals surface area contributed by atoms with Crippen LogP contribution in [-0.4, -0.2) is 23.3 Å². The normalized spacial score (nSPS) is 10.6. The van der Waals surface area contributed by atoms with Gasteiger partial charge in [0, 0.05) is 29.4 Å². The number of aromatic nitrogens is 1. The minimum atomic E-state index is -0.626. The number of hydrogen-bond donors (Lipinski definition) is 2. The molecule has 6 nitrogen and oxygen atoms in total. The lowest BCUT2D eigenvalue weighted by atomic mass is 10.1. The zero-order valence-electron chi connectivity index (χ0n) is 17.6. The summed E-state index contributed by atoms with van der Waals surface area (Å²) in [6.45, 7) is 1.42. The number of benzene rings is 3. The summed E-state index contributed by atoms with van der Waals surface area (Å²) in [5, 5.41) is 6.62. The van der Waals surface area contributed by atoms with Crippen LogP contribution < -0.4 is 15.4 Å². The van der Waals surface area contributed by atoms with Gasteiger partial charge in [0.25, 0.3) is 5.91 Å². The van der Waals surface area contributed by atoms with Crippen LogP contribution in [0.5, 0.6) is 11.5 Å². The topological polar surface area (TPSA) is 80.3 Å². The molecule has 33 heavy (non-hydrogen) atoms. The summed E-state index contributed by atoms with van der Waals surface area (Å²) in [5.41, 5.74) is 1.26. The number of rotatable bonds is 6. The molecule has 0 aliphatic carbocycles. The molecule has 166 valence electrons. The van der Waals surface area contributed by atoms with Crippen molar-refractivity contribution in [1.82, 2.24) is 10.3 Å².